The maximum atomic E-state index is 10.5. The Labute approximate surface area is 188 Å². The predicted octanol–water partition coefficient (Wildman–Crippen LogP) is 6.24. The lowest BCUT2D eigenvalue weighted by Crippen LogP contribution is -2.23. The predicted molar refractivity (Wildman–Crippen MR) is 120 cm³/mol. The minimum absolute atomic E-state index is 0.0625. The summed E-state index contributed by atoms with van der Waals surface area (Å²) in [5.41, 5.74) is 2.71. The molecule has 28 heavy (non-hydrogen) atoms. The van der Waals surface area contributed by atoms with Gasteiger partial charge in [-0.3, -0.25) is 4.99 Å². The Morgan fingerprint density at radius 2 is 1.64 bits per heavy atom. The van der Waals surface area contributed by atoms with Gasteiger partial charge in [-0.2, -0.15) is 0 Å². The van der Waals surface area contributed by atoms with Gasteiger partial charge in [0.1, 0.15) is 17.5 Å². The third-order valence-corrected chi connectivity index (χ3v) is 6.19. The standard InChI is InChI=1S/C20H12Br2Cl2N2O2/c21-9-1-3-17(27)11(5-9)19-20(12-6-10(22)2-4-18(12)28)26-16-8-14(24)13(23)7-15(16)25-19/h1-8,13,20,27-28H. The van der Waals surface area contributed by atoms with E-state index in [4.69, 9.17) is 33.2 Å². The summed E-state index contributed by atoms with van der Waals surface area (Å²) < 4.78 is 1.57. The largest absolute Gasteiger partial charge is 0.508 e. The quantitative estimate of drug-likeness (QED) is 0.441. The molecule has 4 nitrogen and oxygen atoms in total. The maximum Gasteiger partial charge on any atom is 0.124 e. The summed E-state index contributed by atoms with van der Waals surface area (Å²) in [6.45, 7) is 0. The van der Waals surface area contributed by atoms with E-state index in [2.05, 4.69) is 31.9 Å². The zero-order valence-corrected chi connectivity index (χ0v) is 18.8. The highest BCUT2D eigenvalue weighted by molar-refractivity contribution is 9.10. The van der Waals surface area contributed by atoms with Gasteiger partial charge < -0.3 is 10.2 Å². The number of nitrogens with zero attached hydrogens (tertiary/aromatic N) is 2. The second-order valence-electron chi connectivity index (χ2n) is 6.26. The molecule has 1 heterocycles. The molecule has 1 aliphatic heterocycles. The molecule has 0 bridgehead atoms. The second kappa shape index (κ2) is 7.67. The van der Waals surface area contributed by atoms with Gasteiger partial charge in [0.05, 0.1) is 22.5 Å². The molecule has 0 amide bonds. The third-order valence-electron chi connectivity index (χ3n) is 4.39. The van der Waals surface area contributed by atoms with Crippen LogP contribution in [-0.2, 0) is 0 Å². The highest BCUT2D eigenvalue weighted by atomic mass is 79.9. The van der Waals surface area contributed by atoms with E-state index in [9.17, 15) is 10.2 Å². The summed E-state index contributed by atoms with van der Waals surface area (Å²) in [6.07, 6.45) is 3.40. The maximum absolute atomic E-state index is 10.5. The Morgan fingerprint density at radius 1 is 0.964 bits per heavy atom. The number of aliphatic imine (C=N–C) groups is 2. The van der Waals surface area contributed by atoms with Crippen LogP contribution in [0.3, 0.4) is 0 Å². The van der Waals surface area contributed by atoms with Crippen LogP contribution < -0.4 is 0 Å². The molecule has 2 atom stereocenters. The second-order valence-corrected chi connectivity index (χ2v) is 9.00. The zero-order valence-electron chi connectivity index (χ0n) is 14.1. The fourth-order valence-corrected chi connectivity index (χ4v) is 4.15. The van der Waals surface area contributed by atoms with Gasteiger partial charge in [-0.1, -0.05) is 43.5 Å². The average Bonchev–Trinajstić information content (AvgIpc) is 2.66. The van der Waals surface area contributed by atoms with Crippen molar-refractivity contribution in [2.45, 2.75) is 11.4 Å². The van der Waals surface area contributed by atoms with Crippen LogP contribution in [0.2, 0.25) is 0 Å². The van der Waals surface area contributed by atoms with E-state index < -0.39 is 11.4 Å². The first-order valence-corrected chi connectivity index (χ1v) is 10.6. The van der Waals surface area contributed by atoms with Gasteiger partial charge in [0.2, 0.25) is 0 Å². The molecule has 4 rings (SSSR count). The van der Waals surface area contributed by atoms with Crippen LogP contribution in [0.25, 0.3) is 0 Å². The molecule has 1 aliphatic carbocycles. The first-order valence-electron chi connectivity index (χ1n) is 8.20. The third kappa shape index (κ3) is 3.66. The highest BCUT2D eigenvalue weighted by Crippen LogP contribution is 2.39. The van der Waals surface area contributed by atoms with Crippen LogP contribution in [0.15, 0.2) is 78.2 Å². The van der Waals surface area contributed by atoms with Crippen molar-refractivity contribution in [2.75, 3.05) is 0 Å². The summed E-state index contributed by atoms with van der Waals surface area (Å²) in [4.78, 5) is 9.52. The van der Waals surface area contributed by atoms with E-state index in [-0.39, 0.29) is 11.5 Å². The summed E-state index contributed by atoms with van der Waals surface area (Å²) in [5.74, 6) is 0.140. The summed E-state index contributed by atoms with van der Waals surface area (Å²) in [6, 6.07) is 9.54. The van der Waals surface area contributed by atoms with Crippen LogP contribution in [0.5, 0.6) is 11.5 Å². The van der Waals surface area contributed by atoms with Crippen LogP contribution >= 0.6 is 55.1 Å². The Bertz CT molecular complexity index is 1110. The van der Waals surface area contributed by atoms with E-state index in [1.807, 2.05) is 0 Å². The molecule has 0 spiro atoms. The first kappa shape index (κ1) is 19.7. The first-order chi connectivity index (χ1) is 13.3. The van der Waals surface area contributed by atoms with Crippen molar-refractivity contribution in [1.82, 2.24) is 0 Å². The van der Waals surface area contributed by atoms with E-state index in [0.717, 1.165) is 8.95 Å². The highest BCUT2D eigenvalue weighted by Gasteiger charge is 2.31. The smallest absolute Gasteiger partial charge is 0.124 e. The Hall–Kier alpha value is -1.60. The number of allylic oxidation sites excluding steroid dienone is 3. The molecule has 2 aromatic carbocycles. The van der Waals surface area contributed by atoms with Crippen molar-refractivity contribution < 1.29 is 10.2 Å². The molecule has 2 aliphatic rings. The Kier molecular flexibility index (Phi) is 5.40. The lowest BCUT2D eigenvalue weighted by molar-refractivity contribution is 0.465. The fraction of sp³-hybridized carbons (Fsp3) is 0.100. The lowest BCUT2D eigenvalue weighted by Gasteiger charge is -2.26. The molecule has 0 fully saturated rings. The number of benzene rings is 2. The van der Waals surface area contributed by atoms with Crippen molar-refractivity contribution in [2.24, 2.45) is 9.98 Å². The fourth-order valence-electron chi connectivity index (χ4n) is 3.06. The molecule has 2 aromatic rings. The van der Waals surface area contributed by atoms with E-state index >= 15 is 0 Å². The van der Waals surface area contributed by atoms with Crippen LogP contribution in [0, 0.1) is 0 Å². The van der Waals surface area contributed by atoms with Gasteiger partial charge in [0.15, 0.2) is 0 Å². The molecule has 0 aromatic heterocycles. The van der Waals surface area contributed by atoms with Crippen molar-refractivity contribution in [3.63, 3.8) is 0 Å². The van der Waals surface area contributed by atoms with E-state index in [1.54, 1.807) is 48.6 Å². The van der Waals surface area contributed by atoms with Crippen LogP contribution in [-0.4, -0.2) is 27.0 Å². The van der Waals surface area contributed by atoms with E-state index in [0.29, 0.717) is 33.3 Å². The molecule has 8 heteroatoms. The zero-order chi connectivity index (χ0) is 20.0. The molecule has 2 N–H and O–H groups in total. The number of halogens is 4. The normalized spacial score (nSPS) is 21.3. The number of fused-ring (bicyclic) bond motifs is 1. The van der Waals surface area contributed by atoms with Crippen molar-refractivity contribution in [3.05, 3.63) is 79.4 Å². The topological polar surface area (TPSA) is 65.2 Å². The minimum Gasteiger partial charge on any atom is -0.508 e. The minimum atomic E-state index is -0.641. The lowest BCUT2D eigenvalue weighted by atomic mass is 9.93. The van der Waals surface area contributed by atoms with Crippen molar-refractivity contribution in [1.29, 1.82) is 0 Å². The van der Waals surface area contributed by atoms with Crippen LogP contribution in [0.1, 0.15) is 17.2 Å². The van der Waals surface area contributed by atoms with Crippen molar-refractivity contribution >= 4 is 66.5 Å². The number of hydrogen-bond acceptors (Lipinski definition) is 4. The van der Waals surface area contributed by atoms with Gasteiger partial charge in [-0.25, -0.2) is 4.99 Å². The van der Waals surface area contributed by atoms with Gasteiger partial charge in [-0.05, 0) is 48.6 Å². The number of phenols is 2. The van der Waals surface area contributed by atoms with Crippen LogP contribution in [0.4, 0.5) is 0 Å². The summed E-state index contributed by atoms with van der Waals surface area (Å²) >= 11 is 19.3. The molecule has 0 radical (unpaired) electrons. The SMILES string of the molecule is Oc1ccc(Br)cc1C1=NC2=CC(Cl)C(Cl)=CC2=NC1c1cc(Br)ccc1O. The molecule has 0 saturated carbocycles. The number of aromatic hydroxyl groups is 2. The number of phenolic OH excluding ortho intramolecular Hbond substituents is 2. The molecular formula is C20H12Br2Cl2N2O2. The number of rotatable bonds is 2. The number of alkyl halides is 1. The summed E-state index contributed by atoms with van der Waals surface area (Å²) in [5, 5.41) is 20.9. The molecule has 142 valence electrons. The van der Waals surface area contributed by atoms with Gasteiger partial charge >= 0.3 is 0 Å². The number of hydrogen-bond donors (Lipinski definition) is 2. The van der Waals surface area contributed by atoms with Gasteiger partial charge in [0.25, 0.3) is 0 Å². The van der Waals surface area contributed by atoms with Gasteiger partial charge in [0, 0.05) is 25.1 Å². The summed E-state index contributed by atoms with van der Waals surface area (Å²) in [7, 11) is 0. The molecular weight excluding hydrogens is 531 g/mol. The Balaban J connectivity index is 1.95. The average molecular weight is 543 g/mol. The van der Waals surface area contributed by atoms with E-state index in [1.165, 1.54) is 0 Å². The molecule has 0 saturated heterocycles. The van der Waals surface area contributed by atoms with Gasteiger partial charge in [-0.15, -0.1) is 11.6 Å². The van der Waals surface area contributed by atoms with Crippen molar-refractivity contribution in [3.8, 4) is 11.5 Å². The Morgan fingerprint density at radius 3 is 2.39 bits per heavy atom. The monoisotopic (exact) mass is 540 g/mol. The molecule has 2 unspecified atom stereocenters.